The zero-order valence-corrected chi connectivity index (χ0v) is 31.9. The number of nitrogens with zero attached hydrogens (tertiary/aromatic N) is 1. The molecule has 9 aromatic carbocycles. The first-order valence-electron chi connectivity index (χ1n) is 19.8. The fraction of sp³-hybridized carbons (Fsp3) is 0.0545. The number of fused-ring (bicyclic) bond motifs is 8. The second kappa shape index (κ2) is 13.0. The molecule has 0 saturated heterocycles. The van der Waals surface area contributed by atoms with Gasteiger partial charge in [0.05, 0.1) is 16.8 Å². The van der Waals surface area contributed by atoms with Crippen molar-refractivity contribution in [2.75, 3.05) is 4.90 Å². The molecule has 0 fully saturated rings. The second-order valence-corrected chi connectivity index (χ2v) is 15.6. The Balaban J connectivity index is 1.22. The number of anilines is 3. The van der Waals surface area contributed by atoms with E-state index in [1.54, 1.807) is 0 Å². The van der Waals surface area contributed by atoms with Gasteiger partial charge in [-0.2, -0.15) is 0 Å². The summed E-state index contributed by atoms with van der Waals surface area (Å²) in [6.07, 6.45) is 0. The first-order valence-corrected chi connectivity index (χ1v) is 19.8. The summed E-state index contributed by atoms with van der Waals surface area (Å²) in [5.74, 6) is 0. The summed E-state index contributed by atoms with van der Waals surface area (Å²) in [4.78, 5) is 2.46. The Hall–Kier alpha value is -7.16. The molecule has 0 unspecified atom stereocenters. The van der Waals surface area contributed by atoms with Gasteiger partial charge in [-0.15, -0.1) is 0 Å². The average Bonchev–Trinajstić information content (AvgIpc) is 3.77. The lowest BCUT2D eigenvalue weighted by Crippen LogP contribution is -2.17. The third-order valence-electron chi connectivity index (χ3n) is 12.1. The van der Waals surface area contributed by atoms with Crippen LogP contribution in [-0.4, -0.2) is 0 Å². The number of furan rings is 1. The third-order valence-corrected chi connectivity index (χ3v) is 12.1. The molecule has 11 rings (SSSR count). The zero-order chi connectivity index (χ0) is 38.1. The summed E-state index contributed by atoms with van der Waals surface area (Å²) in [7, 11) is 0. The van der Waals surface area contributed by atoms with E-state index in [0.717, 1.165) is 50.0 Å². The number of hydrogen-bond donors (Lipinski definition) is 0. The summed E-state index contributed by atoms with van der Waals surface area (Å²) >= 11 is 0. The molecule has 0 amide bonds. The molecule has 2 heteroatoms. The van der Waals surface area contributed by atoms with Gasteiger partial charge in [-0.05, 0) is 91.9 Å². The molecule has 0 bridgehead atoms. The average molecular weight is 730 g/mol. The van der Waals surface area contributed by atoms with Crippen molar-refractivity contribution >= 4 is 49.8 Å². The molecule has 0 spiro atoms. The van der Waals surface area contributed by atoms with Gasteiger partial charge in [0.25, 0.3) is 0 Å². The van der Waals surface area contributed by atoms with Crippen molar-refractivity contribution in [1.82, 2.24) is 0 Å². The van der Waals surface area contributed by atoms with Gasteiger partial charge in [0.1, 0.15) is 11.2 Å². The van der Waals surface area contributed by atoms with Gasteiger partial charge in [-0.25, -0.2) is 0 Å². The lowest BCUT2D eigenvalue weighted by molar-refractivity contribution is 0.660. The van der Waals surface area contributed by atoms with Gasteiger partial charge in [-0.3, -0.25) is 0 Å². The first kappa shape index (κ1) is 33.2. The fourth-order valence-electron chi connectivity index (χ4n) is 9.40. The zero-order valence-electron chi connectivity index (χ0n) is 31.9. The van der Waals surface area contributed by atoms with Crippen LogP contribution in [0.4, 0.5) is 17.1 Å². The minimum atomic E-state index is -0.152. The van der Waals surface area contributed by atoms with Gasteiger partial charge in [0.2, 0.25) is 0 Å². The van der Waals surface area contributed by atoms with Gasteiger partial charge in [0.15, 0.2) is 0 Å². The molecular formula is C55H39NO. The standard InChI is InChI=1S/C55H39NO/c1-55(2)48-28-15-13-26-43(48)44-33-32-38(34-49(44)55)56(50-29-16-14-23-40(50)37-20-7-4-8-21-37)51-30-17-31-52-53(51)47-35-46(42-25-11-12-27-45(42)54(47)57-52)41-24-10-9-22-39(41)36-18-5-3-6-19-36/h3-35H,1-2H3. The second-order valence-electron chi connectivity index (χ2n) is 15.6. The van der Waals surface area contributed by atoms with E-state index >= 15 is 0 Å². The van der Waals surface area contributed by atoms with E-state index in [-0.39, 0.29) is 5.41 Å². The van der Waals surface area contributed by atoms with Gasteiger partial charge >= 0.3 is 0 Å². The smallest absolute Gasteiger partial charge is 0.143 e. The monoisotopic (exact) mass is 729 g/mol. The van der Waals surface area contributed by atoms with Crippen molar-refractivity contribution in [3.05, 3.63) is 211 Å². The van der Waals surface area contributed by atoms with Gasteiger partial charge < -0.3 is 9.32 Å². The van der Waals surface area contributed by atoms with E-state index in [4.69, 9.17) is 4.42 Å². The van der Waals surface area contributed by atoms with Crippen LogP contribution in [0.15, 0.2) is 205 Å². The normalized spacial score (nSPS) is 12.9. The topological polar surface area (TPSA) is 16.4 Å². The molecule has 0 saturated carbocycles. The minimum absolute atomic E-state index is 0.152. The molecule has 0 aliphatic heterocycles. The van der Waals surface area contributed by atoms with Crippen molar-refractivity contribution < 1.29 is 4.42 Å². The number of rotatable bonds is 6. The number of hydrogen-bond acceptors (Lipinski definition) is 2. The Morgan fingerprint density at radius 1 is 0.386 bits per heavy atom. The summed E-state index contributed by atoms with van der Waals surface area (Å²) in [5.41, 5.74) is 17.3. The molecule has 1 aliphatic carbocycles. The predicted molar refractivity (Wildman–Crippen MR) is 240 cm³/mol. The molecule has 1 aliphatic rings. The Morgan fingerprint density at radius 2 is 0.965 bits per heavy atom. The minimum Gasteiger partial charge on any atom is -0.455 e. The summed E-state index contributed by atoms with van der Waals surface area (Å²) in [6.45, 7) is 4.71. The summed E-state index contributed by atoms with van der Waals surface area (Å²) < 4.78 is 6.97. The largest absolute Gasteiger partial charge is 0.455 e. The summed E-state index contributed by atoms with van der Waals surface area (Å²) in [5, 5.41) is 4.44. The highest BCUT2D eigenvalue weighted by Crippen LogP contribution is 2.53. The van der Waals surface area contributed by atoms with Crippen LogP contribution in [0.5, 0.6) is 0 Å². The lowest BCUT2D eigenvalue weighted by atomic mass is 9.82. The van der Waals surface area contributed by atoms with Crippen LogP contribution in [0.3, 0.4) is 0 Å². The predicted octanol–water partition coefficient (Wildman–Crippen LogP) is 15.5. The van der Waals surface area contributed by atoms with E-state index in [1.165, 1.54) is 55.5 Å². The highest BCUT2D eigenvalue weighted by atomic mass is 16.3. The molecular weight excluding hydrogens is 691 g/mol. The lowest BCUT2D eigenvalue weighted by Gasteiger charge is -2.30. The van der Waals surface area contributed by atoms with E-state index in [0.29, 0.717) is 0 Å². The van der Waals surface area contributed by atoms with Crippen molar-refractivity contribution in [1.29, 1.82) is 0 Å². The number of para-hydroxylation sites is 1. The van der Waals surface area contributed by atoms with Gasteiger partial charge in [0, 0.05) is 27.4 Å². The van der Waals surface area contributed by atoms with E-state index < -0.39 is 0 Å². The molecule has 2 nitrogen and oxygen atoms in total. The molecule has 1 aromatic heterocycles. The first-order chi connectivity index (χ1) is 28.1. The van der Waals surface area contributed by atoms with E-state index in [1.807, 2.05) is 0 Å². The van der Waals surface area contributed by atoms with Crippen LogP contribution in [-0.2, 0) is 5.41 Å². The Kier molecular flexibility index (Phi) is 7.55. The molecule has 270 valence electrons. The molecule has 0 N–H and O–H groups in total. The van der Waals surface area contributed by atoms with Crippen LogP contribution < -0.4 is 4.90 Å². The van der Waals surface area contributed by atoms with Crippen molar-refractivity contribution in [3.8, 4) is 44.5 Å². The van der Waals surface area contributed by atoms with Crippen LogP contribution >= 0.6 is 0 Å². The Morgan fingerprint density at radius 3 is 1.74 bits per heavy atom. The van der Waals surface area contributed by atoms with Crippen molar-refractivity contribution in [3.63, 3.8) is 0 Å². The van der Waals surface area contributed by atoms with Crippen LogP contribution in [0, 0.1) is 0 Å². The number of benzene rings is 9. The van der Waals surface area contributed by atoms with Crippen LogP contribution in [0.1, 0.15) is 25.0 Å². The molecule has 1 heterocycles. The maximum absolute atomic E-state index is 6.97. The van der Waals surface area contributed by atoms with Gasteiger partial charge in [-0.1, -0.05) is 178 Å². The van der Waals surface area contributed by atoms with Crippen LogP contribution in [0.25, 0.3) is 77.2 Å². The maximum atomic E-state index is 6.97. The van der Waals surface area contributed by atoms with Crippen molar-refractivity contribution in [2.45, 2.75) is 19.3 Å². The molecule has 57 heavy (non-hydrogen) atoms. The Labute approximate surface area is 332 Å². The van der Waals surface area contributed by atoms with Crippen LogP contribution in [0.2, 0.25) is 0 Å². The highest BCUT2D eigenvalue weighted by Gasteiger charge is 2.36. The van der Waals surface area contributed by atoms with E-state index in [2.05, 4.69) is 219 Å². The SMILES string of the molecule is CC1(C)c2ccccc2-c2ccc(N(c3ccccc3-c3ccccc3)c3cccc4oc5c6ccccc6c(-c6ccccc6-c6ccccc6)cc5c34)cc21. The molecule has 0 atom stereocenters. The third kappa shape index (κ3) is 5.18. The maximum Gasteiger partial charge on any atom is 0.143 e. The summed E-state index contributed by atoms with van der Waals surface area (Å²) in [6, 6.07) is 72.5. The highest BCUT2D eigenvalue weighted by molar-refractivity contribution is 6.23. The van der Waals surface area contributed by atoms with Crippen molar-refractivity contribution in [2.24, 2.45) is 0 Å². The van der Waals surface area contributed by atoms with E-state index in [9.17, 15) is 0 Å². The quantitative estimate of drug-likeness (QED) is 0.169. The fourth-order valence-corrected chi connectivity index (χ4v) is 9.40. The molecule has 0 radical (unpaired) electrons. The Bertz CT molecular complexity index is 3150. The molecule has 10 aromatic rings.